The van der Waals surface area contributed by atoms with Crippen molar-refractivity contribution < 1.29 is 9.50 Å². The highest BCUT2D eigenvalue weighted by Gasteiger charge is 2.16. The van der Waals surface area contributed by atoms with Crippen LogP contribution >= 0.6 is 11.6 Å². The van der Waals surface area contributed by atoms with Crippen molar-refractivity contribution in [3.63, 3.8) is 0 Å². The molecule has 7 heteroatoms. The highest BCUT2D eigenvalue weighted by molar-refractivity contribution is 6.31. The van der Waals surface area contributed by atoms with Gasteiger partial charge in [0, 0.05) is 29.2 Å². The van der Waals surface area contributed by atoms with Gasteiger partial charge in [-0.05, 0) is 17.7 Å². The lowest BCUT2D eigenvalue weighted by Crippen LogP contribution is -2.21. The van der Waals surface area contributed by atoms with Gasteiger partial charge in [-0.15, -0.1) is 0 Å². The average Bonchev–Trinajstić information content (AvgIpc) is 3.20. The molecule has 1 aromatic heterocycles. The largest absolute Gasteiger partial charge is 0.387 e. The van der Waals surface area contributed by atoms with Gasteiger partial charge in [0.15, 0.2) is 0 Å². The van der Waals surface area contributed by atoms with Crippen LogP contribution in [0.3, 0.4) is 0 Å². The number of nitrogens with one attached hydrogen (secondary N) is 1. The van der Waals surface area contributed by atoms with Crippen LogP contribution in [-0.4, -0.2) is 26.6 Å². The van der Waals surface area contributed by atoms with Crippen molar-refractivity contribution in [3.8, 4) is 11.3 Å². The second-order valence-electron chi connectivity index (χ2n) is 7.15. The highest BCUT2D eigenvalue weighted by Crippen LogP contribution is 2.23. The van der Waals surface area contributed by atoms with Gasteiger partial charge in [-0.2, -0.15) is 15.0 Å². The van der Waals surface area contributed by atoms with E-state index < -0.39 is 11.9 Å². The molecule has 0 unspecified atom stereocenters. The van der Waals surface area contributed by atoms with Gasteiger partial charge < -0.3 is 10.4 Å². The molecule has 31 heavy (non-hydrogen) atoms. The molecule has 2 N–H and O–H groups in total. The van der Waals surface area contributed by atoms with E-state index in [1.807, 2.05) is 60.7 Å². The summed E-state index contributed by atoms with van der Waals surface area (Å²) in [5.74, 6) is -0.392. The molecule has 4 rings (SSSR count). The van der Waals surface area contributed by atoms with Gasteiger partial charge in [0.1, 0.15) is 17.2 Å². The zero-order valence-electron chi connectivity index (χ0n) is 16.7. The first kappa shape index (κ1) is 21.2. The van der Waals surface area contributed by atoms with Crippen LogP contribution in [0.4, 0.5) is 4.39 Å². The lowest BCUT2D eigenvalue weighted by molar-refractivity contribution is 0.174. The van der Waals surface area contributed by atoms with Crippen molar-refractivity contribution in [1.29, 1.82) is 0 Å². The lowest BCUT2D eigenvalue weighted by atomic mass is 10.1. The zero-order chi connectivity index (χ0) is 21.6. The molecule has 1 atom stereocenters. The minimum atomic E-state index is -0.631. The van der Waals surface area contributed by atoms with Crippen LogP contribution in [0.5, 0.6) is 0 Å². The summed E-state index contributed by atoms with van der Waals surface area (Å²) in [6.45, 7) is 0.890. The second kappa shape index (κ2) is 9.83. The number of rotatable bonds is 8. The lowest BCUT2D eigenvalue weighted by Gasteiger charge is -2.11. The van der Waals surface area contributed by atoms with Gasteiger partial charge in [-0.25, -0.2) is 4.39 Å². The van der Waals surface area contributed by atoms with Crippen LogP contribution in [0.15, 0.2) is 78.9 Å². The van der Waals surface area contributed by atoms with Crippen LogP contribution in [0.25, 0.3) is 11.3 Å². The molecule has 158 valence electrons. The zero-order valence-corrected chi connectivity index (χ0v) is 17.5. The number of halogens is 2. The van der Waals surface area contributed by atoms with Gasteiger partial charge in [0.2, 0.25) is 0 Å². The maximum Gasteiger partial charge on any atom is 0.129 e. The van der Waals surface area contributed by atoms with Crippen molar-refractivity contribution in [2.75, 3.05) is 6.54 Å². The third-order valence-electron chi connectivity index (χ3n) is 4.95. The predicted octanol–water partition coefficient (Wildman–Crippen LogP) is 4.61. The molecule has 0 saturated heterocycles. The summed E-state index contributed by atoms with van der Waals surface area (Å²) < 4.78 is 14.2. The highest BCUT2D eigenvalue weighted by atomic mass is 35.5. The SMILES string of the molecule is O[C@@H](CNCc1nn(Cc2c(F)cccc2Cl)nc1-c1ccccc1)c1ccccc1. The summed E-state index contributed by atoms with van der Waals surface area (Å²) >= 11 is 6.17. The van der Waals surface area contributed by atoms with Gasteiger partial charge in [0.05, 0.1) is 12.6 Å². The summed E-state index contributed by atoms with van der Waals surface area (Å²) in [7, 11) is 0. The Morgan fingerprint density at radius 1 is 0.935 bits per heavy atom. The van der Waals surface area contributed by atoms with Crippen LogP contribution in [0.2, 0.25) is 5.02 Å². The van der Waals surface area contributed by atoms with Gasteiger partial charge in [-0.1, -0.05) is 78.3 Å². The van der Waals surface area contributed by atoms with Crippen molar-refractivity contribution in [2.24, 2.45) is 0 Å². The fourth-order valence-electron chi connectivity index (χ4n) is 3.34. The van der Waals surface area contributed by atoms with E-state index in [9.17, 15) is 9.50 Å². The number of nitrogens with zero attached hydrogens (tertiary/aromatic N) is 3. The van der Waals surface area contributed by atoms with E-state index in [4.69, 9.17) is 11.6 Å². The number of aliphatic hydroxyl groups is 1. The molecular formula is C24H22ClFN4O. The molecule has 0 saturated carbocycles. The van der Waals surface area contributed by atoms with Crippen molar-refractivity contribution in [3.05, 3.63) is 107 Å². The summed E-state index contributed by atoms with van der Waals surface area (Å²) in [4.78, 5) is 1.46. The van der Waals surface area contributed by atoms with Crippen molar-refractivity contribution in [2.45, 2.75) is 19.2 Å². The summed E-state index contributed by atoms with van der Waals surface area (Å²) in [6, 6.07) is 23.8. The maximum atomic E-state index is 14.2. The Bertz CT molecular complexity index is 1110. The van der Waals surface area contributed by atoms with Crippen molar-refractivity contribution >= 4 is 11.6 Å². The Kier molecular flexibility index (Phi) is 6.72. The van der Waals surface area contributed by atoms with E-state index in [-0.39, 0.29) is 6.54 Å². The topological polar surface area (TPSA) is 63.0 Å². The smallest absolute Gasteiger partial charge is 0.129 e. The molecule has 0 aliphatic rings. The number of aliphatic hydroxyl groups excluding tert-OH is 1. The number of aromatic nitrogens is 3. The average molecular weight is 437 g/mol. The Morgan fingerprint density at radius 3 is 2.35 bits per heavy atom. The fourth-order valence-corrected chi connectivity index (χ4v) is 3.56. The van der Waals surface area contributed by atoms with Crippen LogP contribution < -0.4 is 5.32 Å². The molecular weight excluding hydrogens is 415 g/mol. The molecule has 3 aromatic carbocycles. The number of hydrogen-bond donors (Lipinski definition) is 2. The Hall–Kier alpha value is -3.06. The van der Waals surface area contributed by atoms with Crippen LogP contribution in [0, 0.1) is 5.82 Å². The summed E-state index contributed by atoms with van der Waals surface area (Å²) in [6.07, 6.45) is -0.631. The Labute approximate surface area is 185 Å². The van der Waals surface area contributed by atoms with Gasteiger partial charge >= 0.3 is 0 Å². The molecule has 4 aromatic rings. The minimum absolute atomic E-state index is 0.123. The first-order valence-corrected chi connectivity index (χ1v) is 10.4. The quantitative estimate of drug-likeness (QED) is 0.423. The standard InChI is InChI=1S/C24H22ClFN4O/c25-20-12-7-13-21(26)19(20)16-30-28-22(24(29-30)18-10-5-2-6-11-18)14-27-15-23(31)17-8-3-1-4-9-17/h1-13,23,27,31H,14-16H2/t23-/m0/s1. The maximum absolute atomic E-state index is 14.2. The molecule has 0 aliphatic heterocycles. The number of benzene rings is 3. The molecule has 0 radical (unpaired) electrons. The molecule has 0 amide bonds. The van der Waals surface area contributed by atoms with E-state index in [0.29, 0.717) is 35.1 Å². The van der Waals surface area contributed by atoms with E-state index >= 15 is 0 Å². The van der Waals surface area contributed by atoms with E-state index in [1.165, 1.54) is 10.9 Å². The molecule has 1 heterocycles. The van der Waals surface area contributed by atoms with Crippen LogP contribution in [0.1, 0.15) is 22.9 Å². The minimum Gasteiger partial charge on any atom is -0.387 e. The normalized spacial score (nSPS) is 12.1. The third kappa shape index (κ3) is 5.17. The molecule has 0 spiro atoms. The van der Waals surface area contributed by atoms with Crippen LogP contribution in [-0.2, 0) is 13.1 Å². The van der Waals surface area contributed by atoms with E-state index in [0.717, 1.165) is 11.1 Å². The Balaban J connectivity index is 1.54. The molecule has 0 fully saturated rings. The van der Waals surface area contributed by atoms with E-state index in [1.54, 1.807) is 12.1 Å². The molecule has 0 aliphatic carbocycles. The fraction of sp³-hybridized carbons (Fsp3) is 0.167. The first-order chi connectivity index (χ1) is 15.1. The monoisotopic (exact) mass is 436 g/mol. The first-order valence-electron chi connectivity index (χ1n) is 9.98. The predicted molar refractivity (Wildman–Crippen MR) is 119 cm³/mol. The van der Waals surface area contributed by atoms with Gasteiger partial charge in [0.25, 0.3) is 0 Å². The Morgan fingerprint density at radius 2 is 1.65 bits per heavy atom. The molecule has 5 nitrogen and oxygen atoms in total. The van der Waals surface area contributed by atoms with Crippen molar-refractivity contribution in [1.82, 2.24) is 20.3 Å². The molecule has 0 bridgehead atoms. The van der Waals surface area contributed by atoms with Gasteiger partial charge in [-0.3, -0.25) is 0 Å². The third-order valence-corrected chi connectivity index (χ3v) is 5.30. The second-order valence-corrected chi connectivity index (χ2v) is 7.56. The van der Waals surface area contributed by atoms with E-state index in [2.05, 4.69) is 15.5 Å². The summed E-state index contributed by atoms with van der Waals surface area (Å²) in [5.41, 5.74) is 3.51. The summed E-state index contributed by atoms with van der Waals surface area (Å²) in [5, 5.41) is 23.1. The number of hydrogen-bond acceptors (Lipinski definition) is 4.